The van der Waals surface area contributed by atoms with Gasteiger partial charge in [-0.3, -0.25) is 4.79 Å². The highest BCUT2D eigenvalue weighted by molar-refractivity contribution is 7.18. The first-order valence-corrected chi connectivity index (χ1v) is 12.3. The minimum absolute atomic E-state index is 0.0361. The standard InChI is InChI=1S/C27H28N2O3S/c1-16-7-12-21-22(15-16)33-27-23(21)26(30)28-25(29-27)19-8-10-20(11-9-19)31-13-14-32-24-17(2)5-4-6-18(24)3/h4-6,8-11,16H,7,12-15H2,1-3H3,(H,28,29,30). The van der Waals surface area contributed by atoms with Gasteiger partial charge < -0.3 is 14.5 Å². The molecule has 2 aromatic heterocycles. The van der Waals surface area contributed by atoms with Crippen LogP contribution in [-0.4, -0.2) is 23.2 Å². The summed E-state index contributed by atoms with van der Waals surface area (Å²) in [5.41, 5.74) is 4.29. The largest absolute Gasteiger partial charge is 0.490 e. The van der Waals surface area contributed by atoms with E-state index in [0.717, 1.165) is 57.7 Å². The summed E-state index contributed by atoms with van der Waals surface area (Å²) in [4.78, 5) is 22.8. The summed E-state index contributed by atoms with van der Waals surface area (Å²) in [5.74, 6) is 2.95. The van der Waals surface area contributed by atoms with Crippen molar-refractivity contribution in [3.63, 3.8) is 0 Å². The first-order chi connectivity index (χ1) is 16.0. The Morgan fingerprint density at radius 3 is 2.55 bits per heavy atom. The Kier molecular flexibility index (Phi) is 5.94. The summed E-state index contributed by atoms with van der Waals surface area (Å²) in [6.07, 6.45) is 3.15. The van der Waals surface area contributed by atoms with Gasteiger partial charge >= 0.3 is 0 Å². The highest BCUT2D eigenvalue weighted by Gasteiger charge is 2.23. The lowest BCUT2D eigenvalue weighted by Crippen LogP contribution is -2.13. The third-order valence-corrected chi connectivity index (χ3v) is 7.45. The second-order valence-corrected chi connectivity index (χ2v) is 9.97. The van der Waals surface area contributed by atoms with Crippen molar-refractivity contribution in [3.05, 3.63) is 74.4 Å². The molecule has 1 aliphatic rings. The molecule has 2 heterocycles. The minimum atomic E-state index is -0.0361. The van der Waals surface area contributed by atoms with Gasteiger partial charge in [0.2, 0.25) is 0 Å². The smallest absolute Gasteiger partial charge is 0.260 e. The van der Waals surface area contributed by atoms with Gasteiger partial charge in [0, 0.05) is 10.4 Å². The number of aryl methyl sites for hydroxylation is 3. The molecule has 1 aliphatic carbocycles. The van der Waals surface area contributed by atoms with Gasteiger partial charge in [0.15, 0.2) is 0 Å². The van der Waals surface area contributed by atoms with Crippen LogP contribution in [0.1, 0.15) is 34.9 Å². The van der Waals surface area contributed by atoms with E-state index in [9.17, 15) is 4.79 Å². The number of benzene rings is 2. The van der Waals surface area contributed by atoms with Crippen LogP contribution in [0.4, 0.5) is 0 Å². The number of para-hydroxylation sites is 1. The van der Waals surface area contributed by atoms with Crippen LogP contribution < -0.4 is 15.0 Å². The number of aromatic amines is 1. The molecule has 0 radical (unpaired) electrons. The van der Waals surface area contributed by atoms with E-state index in [1.165, 1.54) is 10.4 Å². The van der Waals surface area contributed by atoms with Gasteiger partial charge in [0.05, 0.1) is 5.39 Å². The summed E-state index contributed by atoms with van der Waals surface area (Å²) < 4.78 is 11.7. The normalized spacial score (nSPS) is 15.4. The van der Waals surface area contributed by atoms with Crippen LogP contribution in [0.3, 0.4) is 0 Å². The Hall–Kier alpha value is -3.12. The molecule has 0 bridgehead atoms. The van der Waals surface area contributed by atoms with Crippen molar-refractivity contribution in [2.75, 3.05) is 13.2 Å². The molecule has 1 N–H and O–H groups in total. The number of ether oxygens (including phenoxy) is 2. The average Bonchev–Trinajstić information content (AvgIpc) is 3.16. The van der Waals surface area contributed by atoms with E-state index in [-0.39, 0.29) is 5.56 Å². The lowest BCUT2D eigenvalue weighted by atomic mass is 9.89. The summed E-state index contributed by atoms with van der Waals surface area (Å²) in [5, 5.41) is 0.787. The van der Waals surface area contributed by atoms with Crippen LogP contribution >= 0.6 is 11.3 Å². The maximum Gasteiger partial charge on any atom is 0.260 e. The lowest BCUT2D eigenvalue weighted by molar-refractivity contribution is 0.215. The molecule has 5 rings (SSSR count). The molecule has 0 spiro atoms. The second kappa shape index (κ2) is 9.02. The van der Waals surface area contributed by atoms with Crippen molar-refractivity contribution in [1.82, 2.24) is 9.97 Å². The quantitative estimate of drug-likeness (QED) is 0.367. The molecule has 0 saturated heterocycles. The first kappa shape index (κ1) is 21.7. The molecule has 0 aliphatic heterocycles. The van der Waals surface area contributed by atoms with Crippen molar-refractivity contribution in [1.29, 1.82) is 0 Å². The molecule has 33 heavy (non-hydrogen) atoms. The van der Waals surface area contributed by atoms with Crippen LogP contribution in [0.15, 0.2) is 47.3 Å². The number of H-pyrrole nitrogens is 1. The number of fused-ring (bicyclic) bond motifs is 3. The number of hydrogen-bond acceptors (Lipinski definition) is 5. The van der Waals surface area contributed by atoms with Crippen molar-refractivity contribution >= 4 is 21.6 Å². The molecule has 0 fully saturated rings. The SMILES string of the molecule is Cc1cccc(C)c1OCCOc1ccc(-c2nc3sc4c(c3c(=O)[nH]2)CCC(C)C4)cc1. The fourth-order valence-electron chi connectivity index (χ4n) is 4.52. The van der Waals surface area contributed by atoms with E-state index in [4.69, 9.17) is 14.5 Å². The van der Waals surface area contributed by atoms with E-state index in [0.29, 0.717) is 25.0 Å². The summed E-state index contributed by atoms with van der Waals surface area (Å²) in [6, 6.07) is 13.8. The molecule has 0 saturated carbocycles. The highest BCUT2D eigenvalue weighted by Crippen LogP contribution is 2.36. The maximum atomic E-state index is 12.9. The molecule has 4 aromatic rings. The fraction of sp³-hybridized carbons (Fsp3) is 0.333. The van der Waals surface area contributed by atoms with Gasteiger partial charge in [-0.25, -0.2) is 4.98 Å². The molecule has 1 atom stereocenters. The highest BCUT2D eigenvalue weighted by atomic mass is 32.1. The van der Waals surface area contributed by atoms with Crippen molar-refractivity contribution in [3.8, 4) is 22.9 Å². The number of nitrogens with one attached hydrogen (secondary N) is 1. The van der Waals surface area contributed by atoms with Crippen LogP contribution in [0.2, 0.25) is 0 Å². The van der Waals surface area contributed by atoms with Crippen LogP contribution in [0, 0.1) is 19.8 Å². The molecule has 6 heteroatoms. The third-order valence-electron chi connectivity index (χ3n) is 6.30. The Balaban J connectivity index is 1.27. The Morgan fingerprint density at radius 2 is 1.79 bits per heavy atom. The Labute approximate surface area is 197 Å². The van der Waals surface area contributed by atoms with Crippen LogP contribution in [-0.2, 0) is 12.8 Å². The van der Waals surface area contributed by atoms with E-state index in [1.807, 2.05) is 56.3 Å². The average molecular weight is 461 g/mol. The number of thiophene rings is 1. The zero-order valence-corrected chi connectivity index (χ0v) is 20.1. The van der Waals surface area contributed by atoms with Crippen molar-refractivity contribution in [2.24, 2.45) is 5.92 Å². The molecule has 1 unspecified atom stereocenters. The predicted octanol–water partition coefficient (Wildman–Crippen LogP) is 5.85. The van der Waals surface area contributed by atoms with Crippen molar-refractivity contribution in [2.45, 2.75) is 40.0 Å². The maximum absolute atomic E-state index is 12.9. The van der Waals surface area contributed by atoms with E-state index < -0.39 is 0 Å². The summed E-state index contributed by atoms with van der Waals surface area (Å²) in [6.45, 7) is 7.29. The third kappa shape index (κ3) is 4.40. The number of rotatable bonds is 6. The molecule has 170 valence electrons. The topological polar surface area (TPSA) is 64.2 Å². The van der Waals surface area contributed by atoms with Gasteiger partial charge in [0.1, 0.15) is 35.4 Å². The van der Waals surface area contributed by atoms with E-state index >= 15 is 0 Å². The molecule has 5 nitrogen and oxygen atoms in total. The number of aromatic nitrogens is 2. The van der Waals surface area contributed by atoms with E-state index in [2.05, 4.69) is 11.9 Å². The van der Waals surface area contributed by atoms with Crippen LogP contribution in [0.5, 0.6) is 11.5 Å². The predicted molar refractivity (Wildman–Crippen MR) is 134 cm³/mol. The van der Waals surface area contributed by atoms with Crippen molar-refractivity contribution < 1.29 is 9.47 Å². The van der Waals surface area contributed by atoms with Gasteiger partial charge in [-0.15, -0.1) is 11.3 Å². The first-order valence-electron chi connectivity index (χ1n) is 11.5. The minimum Gasteiger partial charge on any atom is -0.490 e. The van der Waals surface area contributed by atoms with Gasteiger partial charge in [-0.2, -0.15) is 0 Å². The van der Waals surface area contributed by atoms with Gasteiger partial charge in [0.25, 0.3) is 5.56 Å². The molecule has 2 aromatic carbocycles. The zero-order chi connectivity index (χ0) is 22.9. The number of nitrogens with zero attached hydrogens (tertiary/aromatic N) is 1. The number of hydrogen-bond donors (Lipinski definition) is 1. The second-order valence-electron chi connectivity index (χ2n) is 8.89. The van der Waals surface area contributed by atoms with Gasteiger partial charge in [-0.05, 0) is 80.0 Å². The molecule has 0 amide bonds. The van der Waals surface area contributed by atoms with Crippen LogP contribution in [0.25, 0.3) is 21.6 Å². The zero-order valence-electron chi connectivity index (χ0n) is 19.2. The summed E-state index contributed by atoms with van der Waals surface area (Å²) >= 11 is 1.67. The van der Waals surface area contributed by atoms with E-state index in [1.54, 1.807) is 11.3 Å². The molecular formula is C27H28N2O3S. The van der Waals surface area contributed by atoms with Gasteiger partial charge in [-0.1, -0.05) is 25.1 Å². The Bertz CT molecular complexity index is 1330. The molecular weight excluding hydrogens is 432 g/mol. The fourth-order valence-corrected chi connectivity index (χ4v) is 5.91. The monoisotopic (exact) mass is 460 g/mol. The summed E-state index contributed by atoms with van der Waals surface area (Å²) in [7, 11) is 0. The lowest BCUT2D eigenvalue weighted by Gasteiger charge is -2.17. The Morgan fingerprint density at radius 1 is 1.06 bits per heavy atom.